The molecule has 1 rings (SSSR count). The summed E-state index contributed by atoms with van der Waals surface area (Å²) in [7, 11) is -0.266. The fraction of sp³-hybridized carbons (Fsp3) is 0.667. The Morgan fingerprint density at radius 3 is 2.18 bits per heavy atom. The second-order valence-electron chi connectivity index (χ2n) is 5.79. The van der Waals surface area contributed by atoms with Crippen LogP contribution in [0.2, 0.25) is 0 Å². The third kappa shape index (κ3) is 7.43. The van der Waals surface area contributed by atoms with Gasteiger partial charge in [0.2, 0.25) is 0 Å². The monoisotopic (exact) mass is 264 g/mol. The smallest absolute Gasteiger partial charge is 0.303 e. The fourth-order valence-corrected chi connectivity index (χ4v) is 3.60. The third-order valence-corrected chi connectivity index (χ3v) is 4.35. The summed E-state index contributed by atoms with van der Waals surface area (Å²) >= 11 is 1.60. The largest absolute Gasteiger partial charge is 1.00 e. The van der Waals surface area contributed by atoms with Crippen LogP contribution in [0, 0.1) is 5.38 Å². The van der Waals surface area contributed by atoms with Crippen molar-refractivity contribution in [3.8, 4) is 0 Å². The van der Waals surface area contributed by atoms with Crippen LogP contribution in [0.5, 0.6) is 0 Å². The van der Waals surface area contributed by atoms with Crippen LogP contribution in [-0.4, -0.2) is 11.1 Å². The second-order valence-corrected chi connectivity index (χ2v) is 7.89. The molecule has 1 heterocycles. The first-order valence-corrected chi connectivity index (χ1v) is 7.44. The molecule has 1 atom stereocenters. The van der Waals surface area contributed by atoms with Gasteiger partial charge in [0.1, 0.15) is 0 Å². The van der Waals surface area contributed by atoms with Crippen LogP contribution < -0.4 is 23.6 Å². The summed E-state index contributed by atoms with van der Waals surface area (Å²) in [6, 6.07) is 2.10. The molecular formula is C12H21LiN2S2. The van der Waals surface area contributed by atoms with Gasteiger partial charge in [-0.3, -0.25) is 0 Å². The molecule has 0 aliphatic heterocycles. The van der Waals surface area contributed by atoms with E-state index in [1.54, 1.807) is 11.3 Å². The van der Waals surface area contributed by atoms with E-state index < -0.39 is 0 Å². The summed E-state index contributed by atoms with van der Waals surface area (Å²) in [6.07, 6.45) is 0. The molecule has 0 saturated heterocycles. The van der Waals surface area contributed by atoms with Gasteiger partial charge in [-0.05, 0) is 52.4 Å². The van der Waals surface area contributed by atoms with Crippen molar-refractivity contribution in [2.45, 2.75) is 57.5 Å². The van der Waals surface area contributed by atoms with E-state index in [4.69, 9.17) is 4.36 Å². The van der Waals surface area contributed by atoms with E-state index in [-0.39, 0.29) is 40.8 Å². The van der Waals surface area contributed by atoms with Crippen LogP contribution in [0.1, 0.15) is 41.5 Å². The third-order valence-electron chi connectivity index (χ3n) is 1.42. The number of nitrogens with zero attached hydrogens (tertiary/aromatic N) is 1. The Balaban J connectivity index is 0.00000256. The number of hydrogen-bond acceptors (Lipinski definition) is 2. The van der Waals surface area contributed by atoms with E-state index in [0.717, 1.165) is 4.90 Å². The SMILES string of the molecule is CC(C)(C)N=S(NC(C)(C)C)c1[c-]scc1.[Li+]. The molecule has 17 heavy (non-hydrogen) atoms. The Bertz CT molecular complexity index is 359. The van der Waals surface area contributed by atoms with Gasteiger partial charge in [0.25, 0.3) is 0 Å². The van der Waals surface area contributed by atoms with E-state index in [2.05, 4.69) is 63.1 Å². The van der Waals surface area contributed by atoms with Gasteiger partial charge in [-0.15, -0.1) is 5.38 Å². The van der Waals surface area contributed by atoms with Crippen molar-refractivity contribution in [1.82, 2.24) is 4.72 Å². The Morgan fingerprint density at radius 1 is 1.24 bits per heavy atom. The van der Waals surface area contributed by atoms with E-state index in [9.17, 15) is 0 Å². The minimum Gasteiger partial charge on any atom is -0.303 e. The molecule has 1 unspecified atom stereocenters. The van der Waals surface area contributed by atoms with Crippen LogP contribution in [0.3, 0.4) is 0 Å². The first-order chi connectivity index (χ1) is 7.17. The van der Waals surface area contributed by atoms with Gasteiger partial charge in [0, 0.05) is 5.54 Å². The number of rotatable bonds is 2. The van der Waals surface area contributed by atoms with Crippen LogP contribution >= 0.6 is 11.3 Å². The summed E-state index contributed by atoms with van der Waals surface area (Å²) in [4.78, 5) is 1.16. The molecule has 1 aromatic heterocycles. The van der Waals surface area contributed by atoms with Gasteiger partial charge in [-0.25, -0.2) is 9.08 Å². The van der Waals surface area contributed by atoms with Crippen molar-refractivity contribution in [2.75, 3.05) is 0 Å². The number of hydrogen-bond donors (Lipinski definition) is 1. The quantitative estimate of drug-likeness (QED) is 0.620. The molecule has 0 aliphatic carbocycles. The van der Waals surface area contributed by atoms with Gasteiger partial charge in [0.05, 0.1) is 5.54 Å². The molecule has 5 heteroatoms. The van der Waals surface area contributed by atoms with Crippen LogP contribution in [0.15, 0.2) is 20.7 Å². The molecule has 0 radical (unpaired) electrons. The standard InChI is InChI=1S/C12H21N2S2.Li/c1-11(2,3)13-16(14-12(4,5)6)10-7-8-15-9-10;/h7-8H,1-6H3,(H,13,14);/q-1;+1. The zero-order valence-corrected chi connectivity index (χ0v) is 13.6. The molecular weight excluding hydrogens is 243 g/mol. The van der Waals surface area contributed by atoms with Crippen molar-refractivity contribution in [2.24, 2.45) is 4.36 Å². The molecule has 0 amide bonds. The maximum Gasteiger partial charge on any atom is 1.00 e. The van der Waals surface area contributed by atoms with Crippen molar-refractivity contribution < 1.29 is 18.9 Å². The Hall–Kier alpha value is 0.407. The van der Waals surface area contributed by atoms with E-state index in [0.29, 0.717) is 0 Å². The molecule has 0 spiro atoms. The topological polar surface area (TPSA) is 24.4 Å². The molecule has 0 saturated carbocycles. The summed E-state index contributed by atoms with van der Waals surface area (Å²) in [5, 5.41) is 5.33. The van der Waals surface area contributed by atoms with Crippen LogP contribution in [-0.2, 0) is 10.9 Å². The molecule has 0 bridgehead atoms. The maximum atomic E-state index is 4.83. The van der Waals surface area contributed by atoms with Gasteiger partial charge in [-0.1, -0.05) is 4.90 Å². The second kappa shape index (κ2) is 6.54. The minimum atomic E-state index is -0.266. The molecule has 0 aliphatic rings. The summed E-state index contributed by atoms with van der Waals surface area (Å²) in [6.45, 7) is 12.9. The molecule has 92 valence electrons. The van der Waals surface area contributed by atoms with Crippen molar-refractivity contribution >= 4 is 22.2 Å². The molecule has 0 aromatic carbocycles. The Morgan fingerprint density at radius 2 is 1.82 bits per heavy atom. The van der Waals surface area contributed by atoms with Crippen LogP contribution in [0.25, 0.3) is 0 Å². The molecule has 1 N–H and O–H groups in total. The average molecular weight is 264 g/mol. The van der Waals surface area contributed by atoms with E-state index in [1.165, 1.54) is 0 Å². The van der Waals surface area contributed by atoms with Crippen molar-refractivity contribution in [3.05, 3.63) is 16.8 Å². The molecule has 2 nitrogen and oxygen atoms in total. The van der Waals surface area contributed by atoms with E-state index in [1.807, 2.05) is 0 Å². The first kappa shape index (κ1) is 17.4. The van der Waals surface area contributed by atoms with Crippen molar-refractivity contribution in [3.63, 3.8) is 0 Å². The van der Waals surface area contributed by atoms with Gasteiger partial charge >= 0.3 is 18.9 Å². The predicted octanol–water partition coefficient (Wildman–Crippen LogP) is 0.815. The Kier molecular flexibility index (Phi) is 6.69. The predicted molar refractivity (Wildman–Crippen MR) is 73.9 cm³/mol. The average Bonchev–Trinajstić information content (AvgIpc) is 2.47. The minimum absolute atomic E-state index is 0. The number of nitrogens with one attached hydrogen (secondary N) is 1. The maximum absolute atomic E-state index is 4.83. The summed E-state index contributed by atoms with van der Waals surface area (Å²) in [5.74, 6) is 0. The summed E-state index contributed by atoms with van der Waals surface area (Å²) in [5.41, 5.74) is 0.0325. The normalized spacial score (nSPS) is 14.5. The van der Waals surface area contributed by atoms with Crippen molar-refractivity contribution in [1.29, 1.82) is 0 Å². The zero-order chi connectivity index (χ0) is 12.4. The van der Waals surface area contributed by atoms with Crippen LogP contribution in [0.4, 0.5) is 0 Å². The first-order valence-electron chi connectivity index (χ1n) is 5.38. The van der Waals surface area contributed by atoms with Gasteiger partial charge in [-0.2, -0.15) is 11.4 Å². The van der Waals surface area contributed by atoms with E-state index >= 15 is 0 Å². The summed E-state index contributed by atoms with van der Waals surface area (Å²) < 4.78 is 8.38. The van der Waals surface area contributed by atoms with Gasteiger partial charge in [0.15, 0.2) is 0 Å². The Labute approximate surface area is 124 Å². The zero-order valence-electron chi connectivity index (χ0n) is 11.9. The molecule has 0 fully saturated rings. The fourth-order valence-electron chi connectivity index (χ4n) is 1.02. The molecule has 1 aromatic rings. The number of thiophene rings is 1. The van der Waals surface area contributed by atoms with Gasteiger partial charge < -0.3 is 11.3 Å².